The van der Waals surface area contributed by atoms with E-state index in [2.05, 4.69) is 32.7 Å². The highest BCUT2D eigenvalue weighted by Gasteiger charge is 2.30. The second-order valence-corrected chi connectivity index (χ2v) is 6.49. The van der Waals surface area contributed by atoms with Gasteiger partial charge in [0.15, 0.2) is 0 Å². The zero-order chi connectivity index (χ0) is 13.2. The van der Waals surface area contributed by atoms with E-state index in [4.69, 9.17) is 0 Å². The smallest absolute Gasteiger partial charge is 0.225 e. The molecular formula is C14H28N2O. The molecule has 1 fully saturated rings. The summed E-state index contributed by atoms with van der Waals surface area (Å²) in [6.45, 7) is 12.5. The largest absolute Gasteiger partial charge is 0.342 e. The average Bonchev–Trinajstić information content (AvgIpc) is 2.26. The van der Waals surface area contributed by atoms with Gasteiger partial charge in [0.05, 0.1) is 0 Å². The summed E-state index contributed by atoms with van der Waals surface area (Å²) in [7, 11) is 2.20. The molecule has 0 saturated carbocycles. The Bertz CT molecular complexity index is 260. The van der Waals surface area contributed by atoms with E-state index in [0.29, 0.717) is 11.9 Å². The highest BCUT2D eigenvalue weighted by molar-refractivity contribution is 5.78. The molecule has 0 N–H and O–H groups in total. The van der Waals surface area contributed by atoms with Crippen LogP contribution in [0.4, 0.5) is 0 Å². The lowest BCUT2D eigenvalue weighted by molar-refractivity contribution is -0.136. The molecule has 0 bridgehead atoms. The fourth-order valence-electron chi connectivity index (χ4n) is 2.39. The zero-order valence-corrected chi connectivity index (χ0v) is 12.3. The van der Waals surface area contributed by atoms with Gasteiger partial charge in [-0.2, -0.15) is 0 Å². The minimum atomic E-state index is 0.131. The third kappa shape index (κ3) is 3.70. The van der Waals surface area contributed by atoms with E-state index in [1.54, 1.807) is 0 Å². The maximum Gasteiger partial charge on any atom is 0.225 e. The fraction of sp³-hybridized carbons (Fsp3) is 0.929. The lowest BCUT2D eigenvalue weighted by Gasteiger charge is -2.43. The number of carbonyl (C=O) groups is 1. The molecule has 3 nitrogen and oxygen atoms in total. The van der Waals surface area contributed by atoms with Crippen LogP contribution in [0.1, 0.15) is 47.5 Å². The van der Waals surface area contributed by atoms with Gasteiger partial charge in [-0.25, -0.2) is 0 Å². The molecule has 3 heteroatoms. The summed E-state index contributed by atoms with van der Waals surface area (Å²) in [5.74, 6) is 0.439. The number of hydrogen-bond acceptors (Lipinski definition) is 2. The highest BCUT2D eigenvalue weighted by atomic mass is 16.2. The van der Waals surface area contributed by atoms with Crippen LogP contribution in [0.2, 0.25) is 0 Å². The molecule has 0 spiro atoms. The zero-order valence-electron chi connectivity index (χ0n) is 12.3. The molecule has 1 saturated heterocycles. The average molecular weight is 240 g/mol. The lowest BCUT2D eigenvalue weighted by atomic mass is 9.96. The van der Waals surface area contributed by atoms with Crippen LogP contribution in [-0.2, 0) is 4.79 Å². The molecule has 0 aromatic carbocycles. The van der Waals surface area contributed by atoms with Gasteiger partial charge < -0.3 is 4.90 Å². The SMILES string of the molecule is CC(C)C(=O)N1CCC(N(C)C(C)(C)C)CC1. The summed E-state index contributed by atoms with van der Waals surface area (Å²) in [6.07, 6.45) is 2.21. The second kappa shape index (κ2) is 5.38. The first-order valence-electron chi connectivity index (χ1n) is 6.75. The van der Waals surface area contributed by atoms with Crippen LogP contribution < -0.4 is 0 Å². The molecule has 0 radical (unpaired) electrons. The first-order chi connectivity index (χ1) is 7.73. The van der Waals surface area contributed by atoms with Crippen molar-refractivity contribution in [3.63, 3.8) is 0 Å². The Kier molecular flexibility index (Phi) is 4.59. The van der Waals surface area contributed by atoms with Gasteiger partial charge in [-0.1, -0.05) is 13.8 Å². The maximum absolute atomic E-state index is 11.9. The quantitative estimate of drug-likeness (QED) is 0.740. The lowest BCUT2D eigenvalue weighted by Crippen LogP contribution is -2.51. The fourth-order valence-corrected chi connectivity index (χ4v) is 2.39. The van der Waals surface area contributed by atoms with Crippen LogP contribution in [0.5, 0.6) is 0 Å². The maximum atomic E-state index is 11.9. The van der Waals surface area contributed by atoms with Crippen molar-refractivity contribution in [3.8, 4) is 0 Å². The van der Waals surface area contributed by atoms with E-state index in [1.165, 1.54) is 0 Å². The van der Waals surface area contributed by atoms with Crippen LogP contribution in [-0.4, -0.2) is 47.4 Å². The van der Waals surface area contributed by atoms with Crippen molar-refractivity contribution in [2.45, 2.75) is 59.0 Å². The first kappa shape index (κ1) is 14.5. The number of amides is 1. The molecule has 1 heterocycles. The number of piperidine rings is 1. The molecule has 17 heavy (non-hydrogen) atoms. The highest BCUT2D eigenvalue weighted by Crippen LogP contribution is 2.23. The standard InChI is InChI=1S/C14H28N2O/c1-11(2)13(17)16-9-7-12(8-10-16)15(6)14(3,4)5/h11-12H,7-10H2,1-6H3. The number of carbonyl (C=O) groups excluding carboxylic acids is 1. The molecule has 0 aromatic heterocycles. The summed E-state index contributed by atoms with van der Waals surface area (Å²) in [6, 6.07) is 0.617. The number of hydrogen-bond donors (Lipinski definition) is 0. The van der Waals surface area contributed by atoms with Crippen LogP contribution in [0.15, 0.2) is 0 Å². The normalized spacial score (nSPS) is 19.2. The Morgan fingerprint density at radius 1 is 1.24 bits per heavy atom. The topological polar surface area (TPSA) is 23.6 Å². The molecule has 0 atom stereocenters. The van der Waals surface area contributed by atoms with Gasteiger partial charge in [0.1, 0.15) is 0 Å². The van der Waals surface area contributed by atoms with Crippen molar-refractivity contribution >= 4 is 5.91 Å². The van der Waals surface area contributed by atoms with Crippen LogP contribution in [0.3, 0.4) is 0 Å². The summed E-state index contributed by atoms with van der Waals surface area (Å²) in [4.78, 5) is 16.4. The molecule has 1 rings (SSSR count). The van der Waals surface area contributed by atoms with Crippen molar-refractivity contribution in [2.75, 3.05) is 20.1 Å². The number of rotatable bonds is 2. The van der Waals surface area contributed by atoms with Crippen molar-refractivity contribution < 1.29 is 4.79 Å². The van der Waals surface area contributed by atoms with Crippen molar-refractivity contribution in [1.82, 2.24) is 9.80 Å². The minimum absolute atomic E-state index is 0.131. The van der Waals surface area contributed by atoms with Gasteiger partial charge in [-0.3, -0.25) is 9.69 Å². The van der Waals surface area contributed by atoms with Crippen LogP contribution in [0, 0.1) is 5.92 Å². The second-order valence-electron chi connectivity index (χ2n) is 6.49. The summed E-state index contributed by atoms with van der Waals surface area (Å²) < 4.78 is 0. The molecular weight excluding hydrogens is 212 g/mol. The van der Waals surface area contributed by atoms with E-state index >= 15 is 0 Å². The summed E-state index contributed by atoms with van der Waals surface area (Å²) in [5.41, 5.74) is 0.217. The molecule has 1 amide bonds. The number of likely N-dealkylation sites (tertiary alicyclic amines) is 1. The van der Waals surface area contributed by atoms with Gasteiger partial charge in [0.25, 0.3) is 0 Å². The first-order valence-corrected chi connectivity index (χ1v) is 6.75. The Morgan fingerprint density at radius 3 is 2.06 bits per heavy atom. The Labute approximate surface area is 106 Å². The van der Waals surface area contributed by atoms with Gasteiger partial charge in [-0.15, -0.1) is 0 Å². The van der Waals surface area contributed by atoms with E-state index in [1.807, 2.05) is 18.7 Å². The molecule has 100 valence electrons. The molecule has 1 aliphatic heterocycles. The predicted molar refractivity (Wildman–Crippen MR) is 72.0 cm³/mol. The van der Waals surface area contributed by atoms with Gasteiger partial charge in [0, 0.05) is 30.6 Å². The van der Waals surface area contributed by atoms with Gasteiger partial charge >= 0.3 is 0 Å². The van der Waals surface area contributed by atoms with E-state index in [9.17, 15) is 4.79 Å². The Balaban J connectivity index is 2.49. The van der Waals surface area contributed by atoms with Gasteiger partial charge in [0.2, 0.25) is 5.91 Å². The summed E-state index contributed by atoms with van der Waals surface area (Å²) in [5, 5.41) is 0. The third-order valence-electron chi connectivity index (χ3n) is 3.88. The Hall–Kier alpha value is -0.570. The predicted octanol–water partition coefficient (Wildman–Crippen LogP) is 2.36. The number of nitrogens with zero attached hydrogens (tertiary/aromatic N) is 2. The van der Waals surface area contributed by atoms with E-state index in [0.717, 1.165) is 25.9 Å². The minimum Gasteiger partial charge on any atom is -0.342 e. The Morgan fingerprint density at radius 2 is 1.71 bits per heavy atom. The monoisotopic (exact) mass is 240 g/mol. The molecule has 0 unspecified atom stereocenters. The van der Waals surface area contributed by atoms with Crippen molar-refractivity contribution in [1.29, 1.82) is 0 Å². The van der Waals surface area contributed by atoms with E-state index in [-0.39, 0.29) is 11.5 Å². The van der Waals surface area contributed by atoms with E-state index < -0.39 is 0 Å². The van der Waals surface area contributed by atoms with Crippen molar-refractivity contribution in [3.05, 3.63) is 0 Å². The third-order valence-corrected chi connectivity index (χ3v) is 3.88. The molecule has 0 aliphatic carbocycles. The molecule has 0 aromatic rings. The van der Waals surface area contributed by atoms with Crippen LogP contribution >= 0.6 is 0 Å². The van der Waals surface area contributed by atoms with Gasteiger partial charge in [-0.05, 0) is 40.7 Å². The van der Waals surface area contributed by atoms with Crippen molar-refractivity contribution in [2.24, 2.45) is 5.92 Å². The van der Waals surface area contributed by atoms with Crippen LogP contribution in [0.25, 0.3) is 0 Å². The molecule has 1 aliphatic rings. The summed E-state index contributed by atoms with van der Waals surface area (Å²) >= 11 is 0.